The lowest BCUT2D eigenvalue weighted by Gasteiger charge is -2.07. The lowest BCUT2D eigenvalue weighted by Crippen LogP contribution is -2.01. The van der Waals surface area contributed by atoms with Crippen molar-refractivity contribution in [1.82, 2.24) is 0 Å². The van der Waals surface area contributed by atoms with Crippen molar-refractivity contribution in [3.05, 3.63) is 29.1 Å². The fourth-order valence-corrected chi connectivity index (χ4v) is 4.76. The quantitative estimate of drug-likeness (QED) is 0.262. The van der Waals surface area contributed by atoms with Crippen LogP contribution >= 0.6 is 11.3 Å². The molecule has 162 valence electrons. The number of aromatic carboxylic acids is 1. The van der Waals surface area contributed by atoms with E-state index in [2.05, 4.69) is 6.92 Å². The van der Waals surface area contributed by atoms with Crippen molar-refractivity contribution in [2.24, 2.45) is 0 Å². The molecule has 2 aromatic rings. The first-order chi connectivity index (χ1) is 14.2. The molecule has 0 aliphatic heterocycles. The molecule has 0 atom stereocenters. The van der Waals surface area contributed by atoms with Crippen LogP contribution in [0.15, 0.2) is 24.3 Å². The normalized spacial score (nSPS) is 11.2. The van der Waals surface area contributed by atoms with Crippen LogP contribution in [0.2, 0.25) is 0 Å². The second-order valence-corrected chi connectivity index (χ2v) is 9.06. The summed E-state index contributed by atoms with van der Waals surface area (Å²) in [5.74, 6) is -0.352. The highest BCUT2D eigenvalue weighted by molar-refractivity contribution is 7.21. The van der Waals surface area contributed by atoms with E-state index < -0.39 is 5.97 Å². The standard InChI is InChI=1S/C25H38O3S/c1-2-3-4-5-6-7-8-9-10-11-12-13-14-17-20-28-23-21-18-15-16-19-22(21)29-24(23)25(26)27/h15-16,18-19H,2-14,17,20H2,1H3,(H,26,27). The van der Waals surface area contributed by atoms with Gasteiger partial charge in [0.25, 0.3) is 0 Å². The SMILES string of the molecule is CCCCCCCCCCCCCCCCOc1c(C(=O)O)sc2ccccc12. The summed E-state index contributed by atoms with van der Waals surface area (Å²) in [6.07, 6.45) is 18.6. The van der Waals surface area contributed by atoms with E-state index in [4.69, 9.17) is 4.74 Å². The Morgan fingerprint density at radius 2 is 1.34 bits per heavy atom. The maximum atomic E-state index is 11.5. The third-order valence-electron chi connectivity index (χ3n) is 5.49. The average molecular weight is 419 g/mol. The lowest BCUT2D eigenvalue weighted by molar-refractivity contribution is 0.0698. The molecule has 0 fully saturated rings. The first kappa shape index (κ1) is 23.7. The van der Waals surface area contributed by atoms with Crippen molar-refractivity contribution in [2.45, 2.75) is 96.8 Å². The summed E-state index contributed by atoms with van der Waals surface area (Å²) < 4.78 is 6.86. The zero-order valence-corrected chi connectivity index (χ0v) is 18.9. The van der Waals surface area contributed by atoms with Crippen LogP contribution < -0.4 is 4.74 Å². The number of thiophene rings is 1. The number of carboxylic acid groups (broad SMARTS) is 1. The zero-order valence-electron chi connectivity index (χ0n) is 18.1. The van der Waals surface area contributed by atoms with Crippen molar-refractivity contribution in [2.75, 3.05) is 6.61 Å². The van der Waals surface area contributed by atoms with E-state index in [0.29, 0.717) is 17.2 Å². The Morgan fingerprint density at radius 3 is 1.90 bits per heavy atom. The van der Waals surface area contributed by atoms with E-state index in [9.17, 15) is 9.90 Å². The van der Waals surface area contributed by atoms with Crippen LogP contribution in [0.1, 0.15) is 106 Å². The van der Waals surface area contributed by atoms with Crippen LogP contribution in [-0.2, 0) is 0 Å². The number of carbonyl (C=O) groups is 1. The van der Waals surface area contributed by atoms with E-state index in [-0.39, 0.29) is 0 Å². The Bertz CT molecular complexity index is 707. The molecule has 3 nitrogen and oxygen atoms in total. The van der Waals surface area contributed by atoms with Gasteiger partial charge in [0.15, 0.2) is 10.6 Å². The highest BCUT2D eigenvalue weighted by Crippen LogP contribution is 2.37. The van der Waals surface area contributed by atoms with Gasteiger partial charge in [-0.3, -0.25) is 0 Å². The fraction of sp³-hybridized carbons (Fsp3) is 0.640. The number of hydrogen-bond donors (Lipinski definition) is 1. The van der Waals surface area contributed by atoms with E-state index in [1.165, 1.54) is 88.4 Å². The smallest absolute Gasteiger partial charge is 0.349 e. The van der Waals surface area contributed by atoms with Crippen LogP contribution in [-0.4, -0.2) is 17.7 Å². The molecule has 1 N–H and O–H groups in total. The van der Waals surface area contributed by atoms with Gasteiger partial charge in [0.05, 0.1) is 6.61 Å². The number of fused-ring (bicyclic) bond motifs is 1. The van der Waals surface area contributed by atoms with Crippen molar-refractivity contribution < 1.29 is 14.6 Å². The third kappa shape index (κ3) is 8.77. The summed E-state index contributed by atoms with van der Waals surface area (Å²) in [5.41, 5.74) is 0. The van der Waals surface area contributed by atoms with E-state index in [1.807, 2.05) is 24.3 Å². The molecule has 0 aliphatic carbocycles. The summed E-state index contributed by atoms with van der Waals surface area (Å²) in [6.45, 7) is 2.87. The van der Waals surface area contributed by atoms with Gasteiger partial charge in [-0.25, -0.2) is 4.79 Å². The van der Waals surface area contributed by atoms with Gasteiger partial charge in [-0.05, 0) is 18.6 Å². The number of carboxylic acids is 1. The molecule has 0 saturated heterocycles. The van der Waals surface area contributed by atoms with Gasteiger partial charge in [0, 0.05) is 10.1 Å². The third-order valence-corrected chi connectivity index (χ3v) is 6.63. The van der Waals surface area contributed by atoms with Crippen LogP contribution in [0, 0.1) is 0 Å². The molecule has 0 aliphatic rings. The largest absolute Gasteiger partial charge is 0.491 e. The van der Waals surface area contributed by atoms with Gasteiger partial charge < -0.3 is 9.84 Å². The molecular weight excluding hydrogens is 380 g/mol. The summed E-state index contributed by atoms with van der Waals surface area (Å²) in [4.78, 5) is 11.8. The highest BCUT2D eigenvalue weighted by atomic mass is 32.1. The minimum absolute atomic E-state index is 0.316. The van der Waals surface area contributed by atoms with Crippen molar-refractivity contribution in [3.8, 4) is 5.75 Å². The predicted molar refractivity (Wildman–Crippen MR) is 125 cm³/mol. The number of unbranched alkanes of at least 4 members (excludes halogenated alkanes) is 13. The summed E-state index contributed by atoms with van der Waals surface area (Å²) in [7, 11) is 0. The molecule has 29 heavy (non-hydrogen) atoms. The van der Waals surface area contributed by atoms with Crippen LogP contribution in [0.3, 0.4) is 0 Å². The van der Waals surface area contributed by atoms with Gasteiger partial charge in [-0.15, -0.1) is 11.3 Å². The first-order valence-electron chi connectivity index (χ1n) is 11.6. The van der Waals surface area contributed by atoms with Gasteiger partial charge in [0.1, 0.15) is 0 Å². The molecule has 1 heterocycles. The Balaban J connectivity index is 1.49. The maximum Gasteiger partial charge on any atom is 0.349 e. The topological polar surface area (TPSA) is 46.5 Å². The number of hydrogen-bond acceptors (Lipinski definition) is 3. The minimum Gasteiger partial charge on any atom is -0.491 e. The first-order valence-corrected chi connectivity index (χ1v) is 12.4. The zero-order chi connectivity index (χ0) is 20.7. The highest BCUT2D eigenvalue weighted by Gasteiger charge is 2.18. The summed E-state index contributed by atoms with van der Waals surface area (Å²) in [6, 6.07) is 7.76. The fourth-order valence-electron chi connectivity index (χ4n) is 3.78. The number of benzene rings is 1. The molecular formula is C25H38O3S. The number of ether oxygens (including phenoxy) is 1. The van der Waals surface area contributed by atoms with Crippen LogP contribution in [0.5, 0.6) is 5.75 Å². The van der Waals surface area contributed by atoms with E-state index >= 15 is 0 Å². The maximum absolute atomic E-state index is 11.5. The van der Waals surface area contributed by atoms with Crippen LogP contribution in [0.25, 0.3) is 10.1 Å². The molecule has 0 bridgehead atoms. The second-order valence-electron chi connectivity index (χ2n) is 8.01. The Hall–Kier alpha value is -1.55. The van der Waals surface area contributed by atoms with E-state index in [0.717, 1.165) is 22.9 Å². The molecule has 0 saturated carbocycles. The molecule has 0 spiro atoms. The molecule has 1 aromatic heterocycles. The predicted octanol–water partition coefficient (Wildman–Crippen LogP) is 8.46. The minimum atomic E-state index is -0.901. The lowest BCUT2D eigenvalue weighted by atomic mass is 10.0. The molecule has 0 radical (unpaired) electrons. The van der Waals surface area contributed by atoms with Gasteiger partial charge in [-0.1, -0.05) is 103 Å². The molecule has 2 rings (SSSR count). The average Bonchev–Trinajstić information content (AvgIpc) is 3.10. The Labute approximate surface area is 180 Å². The molecule has 1 aromatic carbocycles. The summed E-state index contributed by atoms with van der Waals surface area (Å²) >= 11 is 1.29. The van der Waals surface area contributed by atoms with Gasteiger partial charge in [0.2, 0.25) is 0 Å². The van der Waals surface area contributed by atoms with Gasteiger partial charge >= 0.3 is 5.97 Å². The van der Waals surface area contributed by atoms with Crippen molar-refractivity contribution >= 4 is 27.4 Å². The number of rotatable bonds is 17. The summed E-state index contributed by atoms with van der Waals surface area (Å²) in [5, 5.41) is 10.3. The van der Waals surface area contributed by atoms with E-state index in [1.54, 1.807) is 0 Å². The second kappa shape index (κ2) is 14.4. The molecule has 0 amide bonds. The van der Waals surface area contributed by atoms with Crippen LogP contribution in [0.4, 0.5) is 0 Å². The van der Waals surface area contributed by atoms with Crippen molar-refractivity contribution in [3.63, 3.8) is 0 Å². The van der Waals surface area contributed by atoms with Crippen molar-refractivity contribution in [1.29, 1.82) is 0 Å². The Kier molecular flexibility index (Phi) is 11.8. The monoisotopic (exact) mass is 418 g/mol. The molecule has 4 heteroatoms. The molecule has 0 unspecified atom stereocenters. The Morgan fingerprint density at radius 1 is 0.828 bits per heavy atom. The van der Waals surface area contributed by atoms with Gasteiger partial charge in [-0.2, -0.15) is 0 Å².